The van der Waals surface area contributed by atoms with E-state index in [4.69, 9.17) is 21.1 Å². The van der Waals surface area contributed by atoms with Gasteiger partial charge in [0.15, 0.2) is 0 Å². The van der Waals surface area contributed by atoms with Crippen molar-refractivity contribution in [3.8, 4) is 11.5 Å². The van der Waals surface area contributed by atoms with Crippen LogP contribution in [-0.2, 0) is 6.61 Å². The molecule has 0 aliphatic rings. The molecule has 40 heavy (non-hydrogen) atoms. The number of ether oxygens (including phenoxy) is 2. The van der Waals surface area contributed by atoms with Gasteiger partial charge in [0.25, 0.3) is 5.91 Å². The zero-order valence-corrected chi connectivity index (χ0v) is 22.4. The lowest BCUT2D eigenvalue weighted by molar-refractivity contribution is 0.0734. The topological polar surface area (TPSA) is 77.0 Å². The van der Waals surface area contributed by atoms with Crippen LogP contribution in [0, 0.1) is 6.92 Å². The van der Waals surface area contributed by atoms with Crippen LogP contribution in [0.5, 0.6) is 11.5 Å². The first kappa shape index (κ1) is 26.7. The Balaban J connectivity index is 1.28. The van der Waals surface area contributed by atoms with Gasteiger partial charge in [-0.2, -0.15) is 5.10 Å². The highest BCUT2D eigenvalue weighted by molar-refractivity contribution is 6.30. The third kappa shape index (κ3) is 6.54. The van der Waals surface area contributed by atoms with Gasteiger partial charge in [0.1, 0.15) is 18.1 Å². The van der Waals surface area contributed by atoms with E-state index in [1.54, 1.807) is 42.5 Å². The van der Waals surface area contributed by atoms with Crippen LogP contribution in [0.4, 0.5) is 0 Å². The number of amides is 1. The van der Waals surface area contributed by atoms with Gasteiger partial charge in [-0.3, -0.25) is 4.79 Å². The van der Waals surface area contributed by atoms with E-state index in [9.17, 15) is 9.59 Å². The molecule has 0 aliphatic carbocycles. The van der Waals surface area contributed by atoms with Gasteiger partial charge in [-0.25, -0.2) is 10.2 Å². The van der Waals surface area contributed by atoms with E-state index >= 15 is 0 Å². The Kier molecular flexibility index (Phi) is 8.18. The van der Waals surface area contributed by atoms with Crippen LogP contribution in [-0.4, -0.2) is 18.1 Å². The monoisotopic (exact) mass is 548 g/mol. The first-order valence-electron chi connectivity index (χ1n) is 12.6. The second-order valence-corrected chi connectivity index (χ2v) is 9.53. The Labute approximate surface area is 236 Å². The first-order valence-corrected chi connectivity index (χ1v) is 13.0. The number of carbonyl (C=O) groups is 2. The molecule has 198 valence electrons. The second kappa shape index (κ2) is 12.3. The van der Waals surface area contributed by atoms with E-state index < -0.39 is 5.97 Å². The average Bonchev–Trinajstić information content (AvgIpc) is 2.98. The molecule has 0 radical (unpaired) electrons. The second-order valence-electron chi connectivity index (χ2n) is 9.09. The fraction of sp³-hybridized carbons (Fsp3) is 0.0606. The third-order valence-corrected chi connectivity index (χ3v) is 6.47. The van der Waals surface area contributed by atoms with Crippen LogP contribution in [0.1, 0.15) is 37.4 Å². The number of hydrogen-bond acceptors (Lipinski definition) is 5. The maximum atomic E-state index is 12.8. The van der Waals surface area contributed by atoms with E-state index in [2.05, 4.69) is 10.5 Å². The highest BCUT2D eigenvalue weighted by atomic mass is 35.5. The molecule has 0 bridgehead atoms. The van der Waals surface area contributed by atoms with Gasteiger partial charge in [-0.05, 0) is 77.9 Å². The van der Waals surface area contributed by atoms with Gasteiger partial charge in [-0.1, -0.05) is 71.8 Å². The summed E-state index contributed by atoms with van der Waals surface area (Å²) >= 11 is 5.92. The molecule has 0 saturated heterocycles. The van der Waals surface area contributed by atoms with E-state index in [0.717, 1.165) is 21.9 Å². The molecule has 6 nitrogen and oxygen atoms in total. The number of halogens is 1. The molecule has 0 aliphatic heterocycles. The Morgan fingerprint density at radius 2 is 1.52 bits per heavy atom. The van der Waals surface area contributed by atoms with E-state index in [1.807, 2.05) is 73.7 Å². The minimum atomic E-state index is -0.479. The van der Waals surface area contributed by atoms with Crippen LogP contribution in [0.15, 0.2) is 114 Å². The van der Waals surface area contributed by atoms with Crippen molar-refractivity contribution in [1.82, 2.24) is 5.43 Å². The molecule has 0 atom stereocenters. The molecule has 0 fully saturated rings. The minimum absolute atomic E-state index is 0.337. The number of nitrogens with zero attached hydrogens (tertiary/aromatic N) is 1. The Morgan fingerprint density at radius 1 is 0.825 bits per heavy atom. The number of fused-ring (bicyclic) bond motifs is 1. The molecule has 1 N–H and O–H groups in total. The van der Waals surface area contributed by atoms with Crippen LogP contribution in [0.25, 0.3) is 10.8 Å². The van der Waals surface area contributed by atoms with Gasteiger partial charge in [0.2, 0.25) is 0 Å². The third-order valence-electron chi connectivity index (χ3n) is 6.22. The first-order chi connectivity index (χ1) is 19.5. The number of aryl methyl sites for hydroxylation is 1. The molecule has 0 unspecified atom stereocenters. The number of benzene rings is 5. The Morgan fingerprint density at radius 3 is 2.27 bits per heavy atom. The zero-order chi connectivity index (χ0) is 27.9. The van der Waals surface area contributed by atoms with Crippen molar-refractivity contribution < 1.29 is 19.1 Å². The lowest BCUT2D eigenvalue weighted by Crippen LogP contribution is -2.17. The minimum Gasteiger partial charge on any atom is -0.489 e. The summed E-state index contributed by atoms with van der Waals surface area (Å²) in [5.74, 6) is 0.0986. The fourth-order valence-electron chi connectivity index (χ4n) is 4.02. The van der Waals surface area contributed by atoms with E-state index in [-0.39, 0.29) is 5.91 Å². The number of carbonyl (C=O) groups excluding carboxylic acids is 2. The predicted octanol–water partition coefficient (Wildman–Crippen LogP) is 7.36. The summed E-state index contributed by atoms with van der Waals surface area (Å²) < 4.78 is 11.5. The molecule has 0 heterocycles. The van der Waals surface area contributed by atoms with Crippen molar-refractivity contribution in [2.45, 2.75) is 13.5 Å². The standard InChI is InChI=1S/C33H25ClN2O4/c1-22-6-10-26(11-7-22)33(38)40-31-19-14-24-4-2-3-5-29(24)30(31)20-35-36-32(37)25-12-17-28(18-13-25)39-21-23-8-15-27(34)16-9-23/h2-20H,21H2,1H3,(H,36,37). The smallest absolute Gasteiger partial charge is 0.343 e. The quantitative estimate of drug-likeness (QED) is 0.0950. The summed E-state index contributed by atoms with van der Waals surface area (Å²) in [6.45, 7) is 2.33. The largest absolute Gasteiger partial charge is 0.489 e. The van der Waals surface area contributed by atoms with Crippen LogP contribution in [0.2, 0.25) is 5.02 Å². The van der Waals surface area contributed by atoms with Crippen LogP contribution < -0.4 is 14.9 Å². The molecule has 0 spiro atoms. The molecule has 5 aromatic rings. The van der Waals surface area contributed by atoms with E-state index in [1.165, 1.54) is 6.21 Å². The SMILES string of the molecule is Cc1ccc(C(=O)Oc2ccc3ccccc3c2C=NNC(=O)c2ccc(OCc3ccc(Cl)cc3)cc2)cc1. The van der Waals surface area contributed by atoms with Crippen molar-refractivity contribution in [2.75, 3.05) is 0 Å². The van der Waals surface area contributed by atoms with Gasteiger partial charge in [-0.15, -0.1) is 0 Å². The van der Waals surface area contributed by atoms with E-state index in [0.29, 0.717) is 39.8 Å². The maximum Gasteiger partial charge on any atom is 0.343 e. The van der Waals surface area contributed by atoms with Crippen molar-refractivity contribution >= 4 is 40.5 Å². The zero-order valence-electron chi connectivity index (χ0n) is 21.6. The fourth-order valence-corrected chi connectivity index (χ4v) is 4.14. The molecule has 0 aromatic heterocycles. The molecule has 5 aromatic carbocycles. The number of nitrogens with one attached hydrogen (secondary N) is 1. The Hall–Kier alpha value is -4.94. The summed E-state index contributed by atoms with van der Waals surface area (Å²) in [6.07, 6.45) is 1.49. The van der Waals surface area contributed by atoms with Crippen LogP contribution >= 0.6 is 11.6 Å². The van der Waals surface area contributed by atoms with Crippen molar-refractivity contribution in [3.05, 3.63) is 142 Å². The Bertz CT molecular complexity index is 1680. The highest BCUT2D eigenvalue weighted by Crippen LogP contribution is 2.27. The predicted molar refractivity (Wildman–Crippen MR) is 157 cm³/mol. The molecule has 5 rings (SSSR count). The number of hydrogen-bond donors (Lipinski definition) is 1. The number of hydrazone groups is 1. The molecule has 1 amide bonds. The summed E-state index contributed by atoms with van der Waals surface area (Å²) in [5, 5.41) is 6.61. The molecule has 0 saturated carbocycles. The summed E-state index contributed by atoms with van der Waals surface area (Å²) in [6, 6.07) is 32.6. The average molecular weight is 549 g/mol. The number of rotatable bonds is 8. The van der Waals surface area contributed by atoms with Gasteiger partial charge in [0, 0.05) is 16.1 Å². The maximum absolute atomic E-state index is 12.8. The van der Waals surface area contributed by atoms with Gasteiger partial charge < -0.3 is 9.47 Å². The van der Waals surface area contributed by atoms with Crippen LogP contribution in [0.3, 0.4) is 0 Å². The summed E-state index contributed by atoms with van der Waals surface area (Å²) in [4.78, 5) is 25.5. The normalized spacial score (nSPS) is 10.9. The summed E-state index contributed by atoms with van der Waals surface area (Å²) in [5.41, 5.74) is 6.01. The lowest BCUT2D eigenvalue weighted by Gasteiger charge is -2.11. The van der Waals surface area contributed by atoms with Gasteiger partial charge >= 0.3 is 5.97 Å². The summed E-state index contributed by atoms with van der Waals surface area (Å²) in [7, 11) is 0. The number of esters is 1. The molecular weight excluding hydrogens is 524 g/mol. The lowest BCUT2D eigenvalue weighted by atomic mass is 10.0. The van der Waals surface area contributed by atoms with Crippen molar-refractivity contribution in [1.29, 1.82) is 0 Å². The highest BCUT2D eigenvalue weighted by Gasteiger charge is 2.14. The van der Waals surface area contributed by atoms with Crippen molar-refractivity contribution in [2.24, 2.45) is 5.10 Å². The molecular formula is C33H25ClN2O4. The molecule has 7 heteroatoms. The van der Waals surface area contributed by atoms with Crippen molar-refractivity contribution in [3.63, 3.8) is 0 Å². The van der Waals surface area contributed by atoms with Gasteiger partial charge in [0.05, 0.1) is 11.8 Å².